The SMILES string of the molecule is COc1cc([N+](=O)[O-])ccc1-n1c(C=Cc2ccccc2)nc2ccccc2c1=O. The number of methoxy groups -OCH3 is 1. The van der Waals surface area contributed by atoms with Gasteiger partial charge in [0.05, 0.1) is 34.7 Å². The van der Waals surface area contributed by atoms with E-state index >= 15 is 0 Å². The van der Waals surface area contributed by atoms with Crippen LogP contribution in [0.4, 0.5) is 5.69 Å². The molecule has 4 aromatic rings. The van der Waals surface area contributed by atoms with Crippen LogP contribution in [0.3, 0.4) is 0 Å². The summed E-state index contributed by atoms with van der Waals surface area (Å²) in [6.45, 7) is 0. The number of rotatable bonds is 5. The fraction of sp³-hybridized carbons (Fsp3) is 0.0435. The highest BCUT2D eigenvalue weighted by molar-refractivity contribution is 5.80. The van der Waals surface area contributed by atoms with Crippen LogP contribution in [-0.2, 0) is 0 Å². The second kappa shape index (κ2) is 8.00. The highest BCUT2D eigenvalue weighted by atomic mass is 16.6. The molecule has 0 aliphatic rings. The third-order valence-corrected chi connectivity index (χ3v) is 4.64. The lowest BCUT2D eigenvalue weighted by atomic mass is 10.2. The average Bonchev–Trinajstić information content (AvgIpc) is 2.78. The van der Waals surface area contributed by atoms with Crippen molar-refractivity contribution in [2.45, 2.75) is 0 Å². The largest absolute Gasteiger partial charge is 0.494 e. The number of non-ortho nitro benzene ring substituents is 1. The van der Waals surface area contributed by atoms with Crippen molar-refractivity contribution in [1.29, 1.82) is 0 Å². The first-order chi connectivity index (χ1) is 14.6. The Balaban J connectivity index is 1.98. The predicted molar refractivity (Wildman–Crippen MR) is 116 cm³/mol. The minimum Gasteiger partial charge on any atom is -0.494 e. The molecule has 0 saturated heterocycles. The van der Waals surface area contributed by atoms with E-state index in [2.05, 4.69) is 4.98 Å². The zero-order valence-corrected chi connectivity index (χ0v) is 16.1. The molecule has 0 spiro atoms. The molecular weight excluding hydrogens is 382 g/mol. The molecule has 0 fully saturated rings. The molecule has 1 aromatic heterocycles. The summed E-state index contributed by atoms with van der Waals surface area (Å²) in [6.07, 6.45) is 3.59. The fourth-order valence-electron chi connectivity index (χ4n) is 3.19. The highest BCUT2D eigenvalue weighted by Crippen LogP contribution is 2.28. The first kappa shape index (κ1) is 19.1. The van der Waals surface area contributed by atoms with Crippen molar-refractivity contribution in [3.05, 3.63) is 105 Å². The van der Waals surface area contributed by atoms with Gasteiger partial charge in [-0.25, -0.2) is 4.98 Å². The van der Waals surface area contributed by atoms with E-state index in [0.29, 0.717) is 22.4 Å². The molecule has 0 saturated carbocycles. The standard InChI is InChI=1S/C23H17N3O4/c1-30-21-15-17(26(28)29)12-13-20(21)25-22(14-11-16-7-3-2-4-8-16)24-19-10-6-5-9-18(19)23(25)27/h2-15H,1H3. The second-order valence-corrected chi connectivity index (χ2v) is 6.48. The molecular formula is C23H17N3O4. The van der Waals surface area contributed by atoms with E-state index in [4.69, 9.17) is 4.74 Å². The summed E-state index contributed by atoms with van der Waals surface area (Å²) in [5, 5.41) is 11.6. The Kier molecular flexibility index (Phi) is 5.09. The molecule has 3 aromatic carbocycles. The molecule has 0 aliphatic carbocycles. The molecule has 0 radical (unpaired) electrons. The van der Waals surface area contributed by atoms with Crippen LogP contribution in [0.2, 0.25) is 0 Å². The molecule has 7 heteroatoms. The first-order valence-electron chi connectivity index (χ1n) is 9.16. The van der Waals surface area contributed by atoms with Crippen molar-refractivity contribution < 1.29 is 9.66 Å². The molecule has 7 nitrogen and oxygen atoms in total. The number of aromatic nitrogens is 2. The third-order valence-electron chi connectivity index (χ3n) is 4.64. The van der Waals surface area contributed by atoms with E-state index in [0.717, 1.165) is 5.56 Å². The Bertz CT molecular complexity index is 1330. The number of fused-ring (bicyclic) bond motifs is 1. The Hall–Kier alpha value is -4.26. The molecule has 148 valence electrons. The summed E-state index contributed by atoms with van der Waals surface area (Å²) >= 11 is 0. The van der Waals surface area contributed by atoms with Crippen LogP contribution in [0.25, 0.3) is 28.7 Å². The van der Waals surface area contributed by atoms with Crippen LogP contribution in [0, 0.1) is 10.1 Å². The molecule has 0 bridgehead atoms. The summed E-state index contributed by atoms with van der Waals surface area (Å²) in [4.78, 5) is 28.6. The number of nitro benzene ring substituents is 1. The van der Waals surface area contributed by atoms with Gasteiger partial charge in [-0.1, -0.05) is 48.5 Å². The van der Waals surface area contributed by atoms with Crippen LogP contribution in [0.5, 0.6) is 5.75 Å². The van der Waals surface area contributed by atoms with Gasteiger partial charge in [0.1, 0.15) is 11.6 Å². The van der Waals surface area contributed by atoms with Crippen molar-refractivity contribution in [2.75, 3.05) is 7.11 Å². The van der Waals surface area contributed by atoms with E-state index < -0.39 is 4.92 Å². The number of benzene rings is 3. The van der Waals surface area contributed by atoms with Gasteiger partial charge in [-0.2, -0.15) is 0 Å². The summed E-state index contributed by atoms with van der Waals surface area (Å²) in [6, 6.07) is 20.8. The topological polar surface area (TPSA) is 87.3 Å². The molecule has 30 heavy (non-hydrogen) atoms. The van der Waals surface area contributed by atoms with Gasteiger partial charge in [0, 0.05) is 6.07 Å². The van der Waals surface area contributed by atoms with Crippen LogP contribution in [0.15, 0.2) is 77.6 Å². The fourth-order valence-corrected chi connectivity index (χ4v) is 3.19. The summed E-state index contributed by atoms with van der Waals surface area (Å²) in [5.41, 5.74) is 1.47. The zero-order valence-electron chi connectivity index (χ0n) is 16.1. The van der Waals surface area contributed by atoms with E-state index in [-0.39, 0.29) is 17.0 Å². The van der Waals surface area contributed by atoms with Gasteiger partial charge >= 0.3 is 0 Å². The van der Waals surface area contributed by atoms with Crippen molar-refractivity contribution in [2.24, 2.45) is 0 Å². The van der Waals surface area contributed by atoms with Gasteiger partial charge in [-0.15, -0.1) is 0 Å². The van der Waals surface area contributed by atoms with Crippen molar-refractivity contribution >= 4 is 28.7 Å². The van der Waals surface area contributed by atoms with Gasteiger partial charge in [-0.05, 0) is 29.8 Å². The Morgan fingerprint density at radius 3 is 2.47 bits per heavy atom. The minimum absolute atomic E-state index is 0.126. The summed E-state index contributed by atoms with van der Waals surface area (Å²) in [5.74, 6) is 0.590. The molecule has 0 unspecified atom stereocenters. The van der Waals surface area contributed by atoms with Crippen molar-refractivity contribution in [1.82, 2.24) is 9.55 Å². The zero-order chi connectivity index (χ0) is 21.1. The van der Waals surface area contributed by atoms with Crippen LogP contribution < -0.4 is 10.3 Å². The monoisotopic (exact) mass is 399 g/mol. The van der Waals surface area contributed by atoms with E-state index in [1.54, 1.807) is 24.3 Å². The minimum atomic E-state index is -0.510. The third kappa shape index (κ3) is 3.56. The number of para-hydroxylation sites is 1. The number of nitro groups is 1. The number of ether oxygens (including phenoxy) is 1. The van der Waals surface area contributed by atoms with Gasteiger partial charge in [0.25, 0.3) is 11.2 Å². The smallest absolute Gasteiger partial charge is 0.273 e. The number of hydrogen-bond donors (Lipinski definition) is 0. The van der Waals surface area contributed by atoms with E-state index in [1.807, 2.05) is 42.5 Å². The predicted octanol–water partition coefficient (Wildman–Crippen LogP) is 4.47. The van der Waals surface area contributed by atoms with Crippen molar-refractivity contribution in [3.8, 4) is 11.4 Å². The van der Waals surface area contributed by atoms with Crippen LogP contribution in [-0.4, -0.2) is 21.6 Å². The lowest BCUT2D eigenvalue weighted by Gasteiger charge is -2.14. The normalized spacial score (nSPS) is 11.1. The van der Waals surface area contributed by atoms with Gasteiger partial charge in [-0.3, -0.25) is 19.5 Å². The van der Waals surface area contributed by atoms with Gasteiger partial charge in [0.2, 0.25) is 0 Å². The van der Waals surface area contributed by atoms with E-state index in [9.17, 15) is 14.9 Å². The summed E-state index contributed by atoms with van der Waals surface area (Å²) < 4.78 is 6.77. The molecule has 4 rings (SSSR count). The molecule has 0 amide bonds. The second-order valence-electron chi connectivity index (χ2n) is 6.48. The van der Waals surface area contributed by atoms with E-state index in [1.165, 1.54) is 29.9 Å². The molecule has 0 N–H and O–H groups in total. The lowest BCUT2D eigenvalue weighted by Crippen LogP contribution is -2.23. The summed E-state index contributed by atoms with van der Waals surface area (Å²) in [7, 11) is 1.40. The maximum absolute atomic E-state index is 13.3. The maximum atomic E-state index is 13.3. The van der Waals surface area contributed by atoms with Gasteiger partial charge in [0.15, 0.2) is 0 Å². The quantitative estimate of drug-likeness (QED) is 0.365. The lowest BCUT2D eigenvalue weighted by molar-refractivity contribution is -0.384. The molecule has 0 atom stereocenters. The number of hydrogen-bond acceptors (Lipinski definition) is 5. The average molecular weight is 399 g/mol. The van der Waals surface area contributed by atoms with Crippen LogP contribution in [0.1, 0.15) is 11.4 Å². The highest BCUT2D eigenvalue weighted by Gasteiger charge is 2.17. The Morgan fingerprint density at radius 2 is 1.73 bits per heavy atom. The Labute approximate surface area is 171 Å². The Morgan fingerprint density at radius 1 is 1.00 bits per heavy atom. The van der Waals surface area contributed by atoms with Gasteiger partial charge < -0.3 is 4.74 Å². The van der Waals surface area contributed by atoms with Crippen molar-refractivity contribution in [3.63, 3.8) is 0 Å². The first-order valence-corrected chi connectivity index (χ1v) is 9.16. The number of nitrogens with zero attached hydrogens (tertiary/aromatic N) is 3. The molecule has 0 aliphatic heterocycles. The van der Waals surface area contributed by atoms with Crippen LogP contribution >= 0.6 is 0 Å². The molecule has 1 heterocycles. The maximum Gasteiger partial charge on any atom is 0.273 e.